The van der Waals surface area contributed by atoms with Gasteiger partial charge >= 0.3 is 0 Å². The molecule has 0 amide bonds. The molecule has 1 heteroatoms. The number of fused-ring (bicyclic) bond motifs is 1. The van der Waals surface area contributed by atoms with Gasteiger partial charge in [-0.1, -0.05) is 83.7 Å². The monoisotopic (exact) mass is 340 g/mol. The summed E-state index contributed by atoms with van der Waals surface area (Å²) in [4.78, 5) is 0. The molecule has 0 fully saturated rings. The molecule has 1 atom stereocenters. The number of hydrogen-bond acceptors (Lipinski definition) is 1. The van der Waals surface area contributed by atoms with Crippen LogP contribution in [-0.2, 0) is 6.42 Å². The molecule has 0 saturated carbocycles. The number of aryl methyl sites for hydroxylation is 1. The Morgan fingerprint density at radius 3 is 2.24 bits per heavy atom. The molecule has 0 aliphatic carbocycles. The highest BCUT2D eigenvalue weighted by atomic mass is 16.5. The zero-order valence-electron chi connectivity index (χ0n) is 16.7. The van der Waals surface area contributed by atoms with Crippen LogP contribution in [0.15, 0.2) is 36.4 Å². The summed E-state index contributed by atoms with van der Waals surface area (Å²) >= 11 is 0. The van der Waals surface area contributed by atoms with E-state index >= 15 is 0 Å². The lowest BCUT2D eigenvalue weighted by Crippen LogP contribution is -2.10. The minimum Gasteiger partial charge on any atom is -0.493 e. The van der Waals surface area contributed by atoms with E-state index in [4.69, 9.17) is 4.74 Å². The van der Waals surface area contributed by atoms with E-state index in [1.807, 2.05) is 0 Å². The van der Waals surface area contributed by atoms with Crippen LogP contribution in [0, 0.1) is 11.8 Å². The van der Waals surface area contributed by atoms with Crippen molar-refractivity contribution in [2.24, 2.45) is 11.8 Å². The van der Waals surface area contributed by atoms with Gasteiger partial charge in [0.25, 0.3) is 0 Å². The topological polar surface area (TPSA) is 9.23 Å². The third-order valence-corrected chi connectivity index (χ3v) is 5.39. The molecule has 1 nitrogen and oxygen atoms in total. The molecule has 138 valence electrons. The van der Waals surface area contributed by atoms with Gasteiger partial charge in [-0.05, 0) is 48.1 Å². The van der Waals surface area contributed by atoms with Crippen molar-refractivity contribution in [3.8, 4) is 5.75 Å². The van der Waals surface area contributed by atoms with Gasteiger partial charge < -0.3 is 4.74 Å². The van der Waals surface area contributed by atoms with Crippen molar-refractivity contribution >= 4 is 10.8 Å². The number of ether oxygens (including phenoxy) is 1. The summed E-state index contributed by atoms with van der Waals surface area (Å²) < 4.78 is 6.03. The van der Waals surface area contributed by atoms with Crippen LogP contribution >= 0.6 is 0 Å². The lowest BCUT2D eigenvalue weighted by atomic mass is 9.85. The maximum atomic E-state index is 6.03. The highest BCUT2D eigenvalue weighted by Crippen LogP contribution is 2.31. The molecule has 0 aliphatic rings. The van der Waals surface area contributed by atoms with Crippen molar-refractivity contribution in [2.45, 2.75) is 72.6 Å². The van der Waals surface area contributed by atoms with E-state index in [0.29, 0.717) is 0 Å². The maximum absolute atomic E-state index is 6.03. The molecule has 0 aliphatic heterocycles. The minimum atomic E-state index is 0.773. The molecule has 2 rings (SSSR count). The Kier molecular flexibility index (Phi) is 8.31. The summed E-state index contributed by atoms with van der Waals surface area (Å²) in [5.74, 6) is 2.65. The molecule has 0 saturated heterocycles. The minimum absolute atomic E-state index is 0.773. The van der Waals surface area contributed by atoms with Gasteiger partial charge in [0.05, 0.1) is 6.61 Å². The van der Waals surface area contributed by atoms with Gasteiger partial charge in [0, 0.05) is 5.39 Å². The van der Waals surface area contributed by atoms with E-state index in [0.717, 1.165) is 30.6 Å². The van der Waals surface area contributed by atoms with Gasteiger partial charge in [-0.25, -0.2) is 0 Å². The molecule has 0 radical (unpaired) electrons. The average Bonchev–Trinajstić information content (AvgIpc) is 2.62. The molecule has 0 N–H and O–H groups in total. The lowest BCUT2D eigenvalue weighted by Gasteiger charge is -2.21. The highest BCUT2D eigenvalue weighted by Gasteiger charge is 2.14. The van der Waals surface area contributed by atoms with Gasteiger partial charge in [0.1, 0.15) is 5.75 Å². The lowest BCUT2D eigenvalue weighted by molar-refractivity contribution is 0.312. The highest BCUT2D eigenvalue weighted by molar-refractivity contribution is 5.91. The van der Waals surface area contributed by atoms with Crippen LogP contribution < -0.4 is 4.74 Å². The zero-order chi connectivity index (χ0) is 18.1. The van der Waals surface area contributed by atoms with Crippen LogP contribution in [0.2, 0.25) is 0 Å². The van der Waals surface area contributed by atoms with Crippen molar-refractivity contribution in [3.05, 3.63) is 42.0 Å². The molecular weight excluding hydrogens is 304 g/mol. The van der Waals surface area contributed by atoms with E-state index in [2.05, 4.69) is 64.1 Å². The Balaban J connectivity index is 2.14. The van der Waals surface area contributed by atoms with Crippen LogP contribution in [0.1, 0.15) is 71.8 Å². The number of unbranched alkanes of at least 4 members (excludes halogenated alkanes) is 2. The Bertz CT molecular complexity index is 629. The second kappa shape index (κ2) is 10.5. The summed E-state index contributed by atoms with van der Waals surface area (Å²) in [6, 6.07) is 13.2. The van der Waals surface area contributed by atoms with E-state index in [9.17, 15) is 0 Å². The summed E-state index contributed by atoms with van der Waals surface area (Å²) in [5.41, 5.74) is 1.47. The van der Waals surface area contributed by atoms with Crippen LogP contribution in [0.4, 0.5) is 0 Å². The predicted molar refractivity (Wildman–Crippen MR) is 111 cm³/mol. The quantitative estimate of drug-likeness (QED) is 0.387. The van der Waals surface area contributed by atoms with Gasteiger partial charge in [-0.15, -0.1) is 0 Å². The van der Waals surface area contributed by atoms with Gasteiger partial charge in [-0.2, -0.15) is 0 Å². The normalized spacial score (nSPS) is 12.7. The third-order valence-electron chi connectivity index (χ3n) is 5.39. The van der Waals surface area contributed by atoms with E-state index in [1.165, 1.54) is 54.9 Å². The first-order valence-corrected chi connectivity index (χ1v) is 10.3. The Hall–Kier alpha value is -1.50. The molecule has 0 aromatic heterocycles. The van der Waals surface area contributed by atoms with Crippen molar-refractivity contribution in [2.75, 3.05) is 6.61 Å². The Morgan fingerprint density at radius 2 is 1.56 bits per heavy atom. The maximum Gasteiger partial charge on any atom is 0.127 e. The van der Waals surface area contributed by atoms with Crippen LogP contribution in [-0.4, -0.2) is 6.61 Å². The predicted octanol–water partition coefficient (Wildman–Crippen LogP) is 7.41. The third kappa shape index (κ3) is 5.76. The summed E-state index contributed by atoms with van der Waals surface area (Å²) in [7, 11) is 0. The van der Waals surface area contributed by atoms with Crippen LogP contribution in [0.3, 0.4) is 0 Å². The second-order valence-electron chi connectivity index (χ2n) is 7.66. The molecule has 2 aromatic carbocycles. The molecule has 0 spiro atoms. The first kappa shape index (κ1) is 19.8. The van der Waals surface area contributed by atoms with Gasteiger partial charge in [-0.3, -0.25) is 0 Å². The molecule has 0 bridgehead atoms. The number of benzene rings is 2. The smallest absolute Gasteiger partial charge is 0.127 e. The average molecular weight is 341 g/mol. The molecule has 25 heavy (non-hydrogen) atoms. The first-order valence-electron chi connectivity index (χ1n) is 10.3. The fraction of sp³-hybridized carbons (Fsp3) is 0.583. The molecule has 0 heterocycles. The van der Waals surface area contributed by atoms with Gasteiger partial charge in [0.15, 0.2) is 0 Å². The van der Waals surface area contributed by atoms with Crippen LogP contribution in [0.25, 0.3) is 10.8 Å². The fourth-order valence-electron chi connectivity index (χ4n) is 3.62. The van der Waals surface area contributed by atoms with Crippen molar-refractivity contribution < 1.29 is 4.74 Å². The standard InChI is InChI=1S/C24H36O/c1-5-7-11-20(19(3)4)14-15-21-16-17-24(25-18-8-6-2)23-13-10-9-12-22(21)23/h9-10,12-13,16-17,19-20H,5-8,11,14-15,18H2,1-4H3. The van der Waals surface area contributed by atoms with Gasteiger partial charge in [0.2, 0.25) is 0 Å². The number of rotatable bonds is 11. The van der Waals surface area contributed by atoms with E-state index in [1.54, 1.807) is 0 Å². The number of hydrogen-bond donors (Lipinski definition) is 0. The molecule has 2 aromatic rings. The van der Waals surface area contributed by atoms with Crippen LogP contribution in [0.5, 0.6) is 5.75 Å². The SMILES string of the molecule is CCCCOc1ccc(CCC(CCCC)C(C)C)c2ccccc12. The largest absolute Gasteiger partial charge is 0.493 e. The summed E-state index contributed by atoms with van der Waals surface area (Å²) in [5, 5.41) is 2.64. The Labute approximate surface area is 154 Å². The molecular formula is C24H36O. The van der Waals surface area contributed by atoms with Crippen molar-refractivity contribution in [1.29, 1.82) is 0 Å². The Morgan fingerprint density at radius 1 is 0.840 bits per heavy atom. The zero-order valence-corrected chi connectivity index (χ0v) is 16.7. The van der Waals surface area contributed by atoms with E-state index < -0.39 is 0 Å². The van der Waals surface area contributed by atoms with Crippen molar-refractivity contribution in [3.63, 3.8) is 0 Å². The molecule has 1 unspecified atom stereocenters. The fourth-order valence-corrected chi connectivity index (χ4v) is 3.62. The first-order chi connectivity index (χ1) is 12.2. The summed E-state index contributed by atoms with van der Waals surface area (Å²) in [6.45, 7) is 10.1. The summed E-state index contributed by atoms with van der Waals surface area (Å²) in [6.07, 6.45) is 8.77. The van der Waals surface area contributed by atoms with Crippen molar-refractivity contribution in [1.82, 2.24) is 0 Å². The van der Waals surface area contributed by atoms with E-state index in [-0.39, 0.29) is 0 Å². The second-order valence-corrected chi connectivity index (χ2v) is 7.66.